The summed E-state index contributed by atoms with van der Waals surface area (Å²) in [6.45, 7) is 2.46. The predicted octanol–water partition coefficient (Wildman–Crippen LogP) is 2.18. The summed E-state index contributed by atoms with van der Waals surface area (Å²) in [4.78, 5) is 0. The van der Waals surface area contributed by atoms with Gasteiger partial charge in [-0.1, -0.05) is 6.07 Å². The number of aromatic nitrogens is 2. The highest BCUT2D eigenvalue weighted by Gasteiger charge is 2.07. The molecule has 0 bridgehead atoms. The highest BCUT2D eigenvalue weighted by Crippen LogP contribution is 2.20. The van der Waals surface area contributed by atoms with Crippen LogP contribution in [0.15, 0.2) is 30.6 Å². The zero-order chi connectivity index (χ0) is 12.4. The van der Waals surface area contributed by atoms with Crippen molar-refractivity contribution < 1.29 is 8.78 Å². The molecule has 2 aromatic rings. The van der Waals surface area contributed by atoms with Crippen LogP contribution in [0.1, 0.15) is 6.92 Å². The van der Waals surface area contributed by atoms with Crippen LogP contribution in [0.3, 0.4) is 0 Å². The number of rotatable bonds is 3. The second kappa shape index (κ2) is 4.63. The van der Waals surface area contributed by atoms with Gasteiger partial charge in [0.15, 0.2) is 11.6 Å². The summed E-state index contributed by atoms with van der Waals surface area (Å²) in [5.41, 5.74) is 6.98. The highest BCUT2D eigenvalue weighted by atomic mass is 19.2. The van der Waals surface area contributed by atoms with E-state index in [1.165, 1.54) is 6.07 Å². The second-order valence-electron chi connectivity index (χ2n) is 4.06. The van der Waals surface area contributed by atoms with Gasteiger partial charge >= 0.3 is 0 Å². The lowest BCUT2D eigenvalue weighted by Gasteiger charge is -2.03. The number of hydrogen-bond donors (Lipinski definition) is 1. The van der Waals surface area contributed by atoms with E-state index in [1.807, 2.05) is 6.92 Å². The summed E-state index contributed by atoms with van der Waals surface area (Å²) in [6, 6.07) is 3.77. The minimum absolute atomic E-state index is 0.00676. The van der Waals surface area contributed by atoms with Gasteiger partial charge in [0.05, 0.1) is 12.7 Å². The molecule has 0 saturated carbocycles. The fraction of sp³-hybridized carbons (Fsp3) is 0.250. The summed E-state index contributed by atoms with van der Waals surface area (Å²) in [6.07, 6.45) is 3.37. The maximum atomic E-state index is 13.1. The monoisotopic (exact) mass is 237 g/mol. The van der Waals surface area contributed by atoms with Crippen LogP contribution in [-0.2, 0) is 6.54 Å². The Morgan fingerprint density at radius 1 is 1.29 bits per heavy atom. The van der Waals surface area contributed by atoms with Gasteiger partial charge in [0.25, 0.3) is 0 Å². The molecule has 1 heterocycles. The molecule has 0 saturated heterocycles. The molecule has 1 aromatic carbocycles. The van der Waals surface area contributed by atoms with Gasteiger partial charge in [-0.15, -0.1) is 0 Å². The Bertz CT molecular complexity index is 520. The average molecular weight is 237 g/mol. The Labute approximate surface area is 97.9 Å². The van der Waals surface area contributed by atoms with E-state index in [-0.39, 0.29) is 6.04 Å². The van der Waals surface area contributed by atoms with E-state index < -0.39 is 11.6 Å². The second-order valence-corrected chi connectivity index (χ2v) is 4.06. The molecule has 0 aliphatic carbocycles. The van der Waals surface area contributed by atoms with Crippen molar-refractivity contribution in [3.8, 4) is 11.1 Å². The molecule has 90 valence electrons. The molecule has 3 nitrogen and oxygen atoms in total. The minimum atomic E-state index is -0.859. The highest BCUT2D eigenvalue weighted by molar-refractivity contribution is 5.61. The Kier molecular flexibility index (Phi) is 3.19. The number of halogens is 2. The molecule has 2 rings (SSSR count). The van der Waals surface area contributed by atoms with Crippen molar-refractivity contribution in [2.45, 2.75) is 19.5 Å². The Balaban J connectivity index is 2.27. The average Bonchev–Trinajstić information content (AvgIpc) is 2.69. The zero-order valence-electron chi connectivity index (χ0n) is 9.40. The van der Waals surface area contributed by atoms with Crippen LogP contribution in [0.5, 0.6) is 0 Å². The Morgan fingerprint density at radius 3 is 2.71 bits per heavy atom. The van der Waals surface area contributed by atoms with E-state index in [9.17, 15) is 8.78 Å². The first-order chi connectivity index (χ1) is 8.06. The summed E-state index contributed by atoms with van der Waals surface area (Å²) < 4.78 is 27.5. The molecule has 17 heavy (non-hydrogen) atoms. The minimum Gasteiger partial charge on any atom is -0.326 e. The van der Waals surface area contributed by atoms with Crippen LogP contribution >= 0.6 is 0 Å². The van der Waals surface area contributed by atoms with Crippen molar-refractivity contribution in [1.82, 2.24) is 9.78 Å². The number of hydrogen-bond acceptors (Lipinski definition) is 2. The van der Waals surface area contributed by atoms with Crippen LogP contribution in [0, 0.1) is 11.6 Å². The number of nitrogens with two attached hydrogens (primary N) is 1. The smallest absolute Gasteiger partial charge is 0.159 e. The SMILES string of the molecule is C[C@H](N)Cn1cc(-c2ccc(F)c(F)c2)cn1. The van der Waals surface area contributed by atoms with Crippen LogP contribution in [-0.4, -0.2) is 15.8 Å². The molecule has 1 atom stereocenters. The first-order valence-electron chi connectivity index (χ1n) is 5.29. The van der Waals surface area contributed by atoms with E-state index >= 15 is 0 Å². The lowest BCUT2D eigenvalue weighted by atomic mass is 10.1. The molecule has 5 heteroatoms. The quantitative estimate of drug-likeness (QED) is 0.889. The van der Waals surface area contributed by atoms with Gasteiger partial charge < -0.3 is 5.73 Å². The van der Waals surface area contributed by atoms with E-state index in [0.29, 0.717) is 12.1 Å². The van der Waals surface area contributed by atoms with Crippen LogP contribution in [0.2, 0.25) is 0 Å². The molecule has 0 amide bonds. The van der Waals surface area contributed by atoms with Gasteiger partial charge in [0.2, 0.25) is 0 Å². The molecule has 0 aliphatic rings. The molecule has 1 aromatic heterocycles. The third-order valence-electron chi connectivity index (χ3n) is 2.36. The van der Waals surface area contributed by atoms with Crippen LogP contribution in [0.4, 0.5) is 8.78 Å². The van der Waals surface area contributed by atoms with Crippen molar-refractivity contribution in [3.05, 3.63) is 42.2 Å². The molecule has 0 unspecified atom stereocenters. The number of nitrogens with zero attached hydrogens (tertiary/aromatic N) is 2. The summed E-state index contributed by atoms with van der Waals surface area (Å²) in [5.74, 6) is -1.71. The molecular weight excluding hydrogens is 224 g/mol. The fourth-order valence-corrected chi connectivity index (χ4v) is 1.58. The molecule has 0 fully saturated rings. The predicted molar refractivity (Wildman–Crippen MR) is 61.2 cm³/mol. The van der Waals surface area contributed by atoms with Crippen molar-refractivity contribution in [2.75, 3.05) is 0 Å². The van der Waals surface area contributed by atoms with Gasteiger partial charge in [-0.2, -0.15) is 5.10 Å². The maximum absolute atomic E-state index is 13.1. The normalized spacial score (nSPS) is 12.7. The van der Waals surface area contributed by atoms with Gasteiger partial charge in [0.1, 0.15) is 0 Å². The van der Waals surface area contributed by atoms with Crippen molar-refractivity contribution in [1.29, 1.82) is 0 Å². The first kappa shape index (κ1) is 11.7. The maximum Gasteiger partial charge on any atom is 0.159 e. The Morgan fingerprint density at radius 2 is 2.06 bits per heavy atom. The summed E-state index contributed by atoms with van der Waals surface area (Å²) >= 11 is 0. The van der Waals surface area contributed by atoms with Crippen LogP contribution in [0.25, 0.3) is 11.1 Å². The fourth-order valence-electron chi connectivity index (χ4n) is 1.58. The molecule has 0 spiro atoms. The zero-order valence-corrected chi connectivity index (χ0v) is 9.40. The van der Waals surface area contributed by atoms with E-state index in [4.69, 9.17) is 5.73 Å². The standard InChI is InChI=1S/C12H13F2N3/c1-8(15)6-17-7-10(5-16-17)9-2-3-11(13)12(14)4-9/h2-5,7-8H,6,15H2,1H3/t8-/m0/s1. The van der Waals surface area contributed by atoms with Crippen molar-refractivity contribution in [3.63, 3.8) is 0 Å². The van der Waals surface area contributed by atoms with Gasteiger partial charge in [0, 0.05) is 17.8 Å². The van der Waals surface area contributed by atoms with Gasteiger partial charge in [-0.25, -0.2) is 8.78 Å². The Hall–Kier alpha value is -1.75. The van der Waals surface area contributed by atoms with Crippen molar-refractivity contribution in [2.24, 2.45) is 5.73 Å². The summed E-state index contributed by atoms with van der Waals surface area (Å²) in [7, 11) is 0. The molecular formula is C12H13F2N3. The van der Waals surface area contributed by atoms with Gasteiger partial charge in [-0.05, 0) is 24.6 Å². The first-order valence-corrected chi connectivity index (χ1v) is 5.29. The van der Waals surface area contributed by atoms with E-state index in [1.54, 1.807) is 17.1 Å². The lowest BCUT2D eigenvalue weighted by molar-refractivity contribution is 0.509. The number of benzene rings is 1. The van der Waals surface area contributed by atoms with Gasteiger partial charge in [-0.3, -0.25) is 4.68 Å². The molecule has 0 radical (unpaired) electrons. The van der Waals surface area contributed by atoms with Crippen molar-refractivity contribution >= 4 is 0 Å². The third-order valence-corrected chi connectivity index (χ3v) is 2.36. The molecule has 2 N–H and O–H groups in total. The van der Waals surface area contributed by atoms with E-state index in [2.05, 4.69) is 5.10 Å². The summed E-state index contributed by atoms with van der Waals surface area (Å²) in [5, 5.41) is 4.11. The van der Waals surface area contributed by atoms with Crippen LogP contribution < -0.4 is 5.73 Å². The lowest BCUT2D eigenvalue weighted by Crippen LogP contribution is -2.22. The topological polar surface area (TPSA) is 43.8 Å². The molecule has 0 aliphatic heterocycles. The third kappa shape index (κ3) is 2.68. The van der Waals surface area contributed by atoms with E-state index in [0.717, 1.165) is 17.7 Å². The largest absolute Gasteiger partial charge is 0.326 e.